The summed E-state index contributed by atoms with van der Waals surface area (Å²) in [4.78, 5) is 14.3. The molecule has 0 aromatic carbocycles. The molecular weight excluding hydrogens is 306 g/mol. The molecule has 7 nitrogen and oxygen atoms in total. The maximum Gasteiger partial charge on any atom is 0.257 e. The van der Waals surface area contributed by atoms with Gasteiger partial charge in [0, 0.05) is 25.4 Å². The molecule has 1 atom stereocenters. The molecule has 0 N–H and O–H groups in total. The van der Waals surface area contributed by atoms with Crippen molar-refractivity contribution in [2.75, 3.05) is 18.1 Å². The van der Waals surface area contributed by atoms with Gasteiger partial charge >= 0.3 is 0 Å². The number of nitrogens with zero attached hydrogens (tertiary/aromatic N) is 3. The number of sulfone groups is 1. The summed E-state index contributed by atoms with van der Waals surface area (Å²) in [5.74, 6) is 0.214. The lowest BCUT2D eigenvalue weighted by Crippen LogP contribution is -2.46. The minimum atomic E-state index is -3.17. The Morgan fingerprint density at radius 2 is 2.23 bits per heavy atom. The number of hydrogen-bond donors (Lipinski definition) is 0. The highest BCUT2D eigenvalue weighted by Gasteiger charge is 2.36. The van der Waals surface area contributed by atoms with E-state index in [2.05, 4.69) is 5.10 Å². The molecule has 0 aliphatic carbocycles. The van der Waals surface area contributed by atoms with Crippen LogP contribution >= 0.6 is 0 Å². The topological polar surface area (TPSA) is 85.4 Å². The molecule has 3 heterocycles. The molecule has 2 aromatic heterocycles. The summed E-state index contributed by atoms with van der Waals surface area (Å²) in [6.07, 6.45) is 4.81. The Hall–Kier alpha value is -2.09. The summed E-state index contributed by atoms with van der Waals surface area (Å²) in [5.41, 5.74) is 1.19. The normalized spacial score (nSPS) is 21.0. The van der Waals surface area contributed by atoms with Gasteiger partial charge in [-0.1, -0.05) is 0 Å². The molecule has 1 saturated heterocycles. The average Bonchev–Trinajstić information content (AvgIpc) is 3.06. The SMILES string of the molecule is Cc1occc1C(=O)N1CCS(=O)(=O)C[C@H]1c1cnn(C)c1. The number of aromatic nitrogens is 2. The number of amides is 1. The van der Waals surface area contributed by atoms with E-state index in [4.69, 9.17) is 4.42 Å². The van der Waals surface area contributed by atoms with Crippen LogP contribution in [0.15, 0.2) is 29.1 Å². The monoisotopic (exact) mass is 323 g/mol. The van der Waals surface area contributed by atoms with E-state index in [0.29, 0.717) is 11.3 Å². The van der Waals surface area contributed by atoms with Gasteiger partial charge in [-0.05, 0) is 13.0 Å². The van der Waals surface area contributed by atoms with Gasteiger partial charge < -0.3 is 9.32 Å². The van der Waals surface area contributed by atoms with Crippen molar-refractivity contribution in [1.82, 2.24) is 14.7 Å². The van der Waals surface area contributed by atoms with Crippen molar-refractivity contribution in [3.05, 3.63) is 41.6 Å². The summed E-state index contributed by atoms with van der Waals surface area (Å²) < 4.78 is 30.7. The quantitative estimate of drug-likeness (QED) is 0.821. The van der Waals surface area contributed by atoms with Crippen LogP contribution in [0, 0.1) is 6.92 Å². The van der Waals surface area contributed by atoms with E-state index in [1.54, 1.807) is 42.0 Å². The fourth-order valence-electron chi connectivity index (χ4n) is 2.70. The minimum Gasteiger partial charge on any atom is -0.469 e. The standard InChI is InChI=1S/C14H17N3O4S/c1-10-12(3-5-21-10)14(18)17-4-6-22(19,20)9-13(17)11-7-15-16(2)8-11/h3,5,7-8,13H,4,6,9H2,1-2H3/t13-/m0/s1. The van der Waals surface area contributed by atoms with Gasteiger partial charge in [0.25, 0.3) is 5.91 Å². The minimum absolute atomic E-state index is 0.0214. The third-order valence-electron chi connectivity index (χ3n) is 3.89. The predicted molar refractivity (Wildman–Crippen MR) is 79.1 cm³/mol. The number of carbonyl (C=O) groups is 1. The molecule has 0 saturated carbocycles. The van der Waals surface area contributed by atoms with E-state index in [0.717, 1.165) is 5.56 Å². The number of hydrogen-bond acceptors (Lipinski definition) is 5. The molecular formula is C14H17N3O4S. The molecule has 0 unspecified atom stereocenters. The van der Waals surface area contributed by atoms with Crippen molar-refractivity contribution >= 4 is 15.7 Å². The van der Waals surface area contributed by atoms with E-state index in [1.165, 1.54) is 6.26 Å². The molecule has 0 spiro atoms. The molecule has 1 amide bonds. The lowest BCUT2D eigenvalue weighted by atomic mass is 10.1. The molecule has 8 heteroatoms. The number of furan rings is 1. The van der Waals surface area contributed by atoms with Crippen molar-refractivity contribution in [2.45, 2.75) is 13.0 Å². The van der Waals surface area contributed by atoms with Crippen LogP contribution < -0.4 is 0 Å². The zero-order valence-corrected chi connectivity index (χ0v) is 13.2. The van der Waals surface area contributed by atoms with Crippen molar-refractivity contribution in [3.8, 4) is 0 Å². The van der Waals surface area contributed by atoms with Gasteiger partial charge in [0.2, 0.25) is 0 Å². The number of carbonyl (C=O) groups excluding carboxylic acids is 1. The van der Waals surface area contributed by atoms with Crippen LogP contribution in [0.3, 0.4) is 0 Å². The Kier molecular flexibility index (Phi) is 3.56. The molecule has 0 bridgehead atoms. The van der Waals surface area contributed by atoms with Gasteiger partial charge in [-0.15, -0.1) is 0 Å². The second-order valence-electron chi connectivity index (χ2n) is 5.47. The summed E-state index contributed by atoms with van der Waals surface area (Å²) >= 11 is 0. The second kappa shape index (κ2) is 5.28. The smallest absolute Gasteiger partial charge is 0.257 e. The third kappa shape index (κ3) is 2.66. The maximum absolute atomic E-state index is 12.7. The van der Waals surface area contributed by atoms with Gasteiger partial charge in [0.1, 0.15) is 5.76 Å². The Labute approximate surface area is 128 Å². The molecule has 1 aliphatic heterocycles. The first-order chi connectivity index (χ1) is 10.4. The van der Waals surface area contributed by atoms with Crippen molar-refractivity contribution in [1.29, 1.82) is 0 Å². The van der Waals surface area contributed by atoms with Crippen LogP contribution in [0.2, 0.25) is 0 Å². The Morgan fingerprint density at radius 1 is 1.45 bits per heavy atom. The van der Waals surface area contributed by atoms with Crippen LogP contribution in [0.25, 0.3) is 0 Å². The summed E-state index contributed by atoms with van der Waals surface area (Å²) in [7, 11) is -1.41. The Balaban J connectivity index is 1.97. The van der Waals surface area contributed by atoms with Gasteiger partial charge in [0.05, 0.1) is 35.6 Å². The fraction of sp³-hybridized carbons (Fsp3) is 0.429. The lowest BCUT2D eigenvalue weighted by molar-refractivity contribution is 0.0695. The van der Waals surface area contributed by atoms with Crippen LogP contribution in [0.4, 0.5) is 0 Å². The zero-order valence-electron chi connectivity index (χ0n) is 12.4. The Bertz CT molecular complexity index is 806. The van der Waals surface area contributed by atoms with E-state index in [-0.39, 0.29) is 24.0 Å². The molecule has 2 aromatic rings. The summed E-state index contributed by atoms with van der Waals surface area (Å²) in [5, 5.41) is 4.08. The number of aryl methyl sites for hydroxylation is 2. The summed E-state index contributed by atoms with van der Waals surface area (Å²) in [6, 6.07) is 1.09. The lowest BCUT2D eigenvalue weighted by Gasteiger charge is -2.34. The van der Waals surface area contributed by atoms with Crippen LogP contribution in [0.1, 0.15) is 27.7 Å². The highest BCUT2D eigenvalue weighted by atomic mass is 32.2. The van der Waals surface area contributed by atoms with Gasteiger partial charge in [-0.3, -0.25) is 9.48 Å². The number of rotatable bonds is 2. The largest absolute Gasteiger partial charge is 0.469 e. The van der Waals surface area contributed by atoms with Gasteiger partial charge in [-0.25, -0.2) is 8.42 Å². The first-order valence-electron chi connectivity index (χ1n) is 6.91. The van der Waals surface area contributed by atoms with E-state index in [9.17, 15) is 13.2 Å². The zero-order chi connectivity index (χ0) is 15.9. The van der Waals surface area contributed by atoms with Crippen molar-refractivity contribution in [2.24, 2.45) is 7.05 Å². The van der Waals surface area contributed by atoms with Gasteiger partial charge in [-0.2, -0.15) is 5.10 Å². The van der Waals surface area contributed by atoms with Crippen LogP contribution in [-0.2, 0) is 16.9 Å². The maximum atomic E-state index is 12.7. The van der Waals surface area contributed by atoms with Gasteiger partial charge in [0.15, 0.2) is 9.84 Å². The molecule has 0 radical (unpaired) electrons. The molecule has 1 aliphatic rings. The fourth-order valence-corrected chi connectivity index (χ4v) is 4.20. The average molecular weight is 323 g/mol. The molecule has 22 heavy (non-hydrogen) atoms. The Morgan fingerprint density at radius 3 is 2.82 bits per heavy atom. The summed E-state index contributed by atoms with van der Waals surface area (Å²) in [6.45, 7) is 1.89. The highest BCUT2D eigenvalue weighted by molar-refractivity contribution is 7.91. The van der Waals surface area contributed by atoms with Crippen LogP contribution in [0.5, 0.6) is 0 Å². The van der Waals surface area contributed by atoms with E-state index < -0.39 is 15.9 Å². The predicted octanol–water partition coefficient (Wildman–Crippen LogP) is 0.933. The second-order valence-corrected chi connectivity index (χ2v) is 7.70. The molecule has 3 rings (SSSR count). The van der Waals surface area contributed by atoms with E-state index >= 15 is 0 Å². The highest BCUT2D eigenvalue weighted by Crippen LogP contribution is 2.28. The van der Waals surface area contributed by atoms with Crippen LogP contribution in [-0.4, -0.2) is 47.1 Å². The van der Waals surface area contributed by atoms with E-state index in [1.807, 2.05) is 0 Å². The molecule has 118 valence electrons. The first kappa shape index (κ1) is 14.8. The third-order valence-corrected chi connectivity index (χ3v) is 5.52. The first-order valence-corrected chi connectivity index (χ1v) is 8.73. The van der Waals surface area contributed by atoms with Crippen molar-refractivity contribution in [3.63, 3.8) is 0 Å². The molecule has 1 fully saturated rings. The van der Waals surface area contributed by atoms with Crippen molar-refractivity contribution < 1.29 is 17.6 Å².